The Morgan fingerprint density at radius 2 is 2.00 bits per heavy atom. The van der Waals surface area contributed by atoms with E-state index in [1.54, 1.807) is 20.8 Å². The van der Waals surface area contributed by atoms with Gasteiger partial charge in [0.2, 0.25) is 15.9 Å². The Morgan fingerprint density at radius 3 is 2.45 bits per heavy atom. The van der Waals surface area contributed by atoms with Gasteiger partial charge < -0.3 is 10.8 Å². The number of hydrogen-bond acceptors (Lipinski definition) is 4. The Balaban J connectivity index is 3.16. The van der Waals surface area contributed by atoms with E-state index in [0.717, 1.165) is 0 Å². The van der Waals surface area contributed by atoms with Gasteiger partial charge in [0.15, 0.2) is 0 Å². The summed E-state index contributed by atoms with van der Waals surface area (Å²) in [4.78, 5) is 11.2. The van der Waals surface area contributed by atoms with Crippen molar-refractivity contribution < 1.29 is 18.3 Å². The van der Waals surface area contributed by atoms with Crippen molar-refractivity contribution in [3.05, 3.63) is 29.3 Å². The van der Waals surface area contributed by atoms with Crippen LogP contribution in [0.2, 0.25) is 0 Å². The van der Waals surface area contributed by atoms with Crippen LogP contribution in [-0.2, 0) is 10.0 Å². The van der Waals surface area contributed by atoms with Gasteiger partial charge in [-0.25, -0.2) is 13.1 Å². The molecule has 0 aliphatic rings. The van der Waals surface area contributed by atoms with E-state index in [1.165, 1.54) is 18.2 Å². The van der Waals surface area contributed by atoms with Gasteiger partial charge in [-0.15, -0.1) is 0 Å². The summed E-state index contributed by atoms with van der Waals surface area (Å²) in [5, 5.41) is 9.19. The summed E-state index contributed by atoms with van der Waals surface area (Å²) >= 11 is 0. The van der Waals surface area contributed by atoms with Gasteiger partial charge in [0, 0.05) is 11.6 Å². The predicted octanol–water partition coefficient (Wildman–Crippen LogP) is 0.389. The third-order valence-electron chi connectivity index (χ3n) is 3.09. The first kappa shape index (κ1) is 16.6. The van der Waals surface area contributed by atoms with Crippen molar-refractivity contribution in [2.45, 2.75) is 31.7 Å². The third kappa shape index (κ3) is 3.78. The average molecular weight is 300 g/mol. The molecule has 1 aromatic carbocycles. The summed E-state index contributed by atoms with van der Waals surface area (Å²) in [6.45, 7) is 4.97. The van der Waals surface area contributed by atoms with Crippen LogP contribution in [0.15, 0.2) is 23.1 Å². The number of hydrogen-bond donors (Lipinski definition) is 3. The quantitative estimate of drug-likeness (QED) is 0.706. The number of carbonyl (C=O) groups is 1. The zero-order valence-electron chi connectivity index (χ0n) is 11.8. The molecule has 0 saturated carbocycles. The second-order valence-corrected chi connectivity index (χ2v) is 6.71. The predicted molar refractivity (Wildman–Crippen MR) is 75.7 cm³/mol. The van der Waals surface area contributed by atoms with E-state index >= 15 is 0 Å². The highest BCUT2D eigenvalue weighted by atomic mass is 32.2. The van der Waals surface area contributed by atoms with Crippen LogP contribution in [0.5, 0.6) is 0 Å². The lowest BCUT2D eigenvalue weighted by atomic mass is 10.1. The largest absolute Gasteiger partial charge is 0.395 e. The first-order valence-corrected chi connectivity index (χ1v) is 7.71. The van der Waals surface area contributed by atoms with Crippen LogP contribution < -0.4 is 10.5 Å². The molecular formula is C13H20N2O4S. The Kier molecular flexibility index (Phi) is 5.27. The van der Waals surface area contributed by atoms with E-state index < -0.39 is 22.0 Å². The number of nitrogens with two attached hydrogens (primary N) is 1. The highest BCUT2D eigenvalue weighted by Crippen LogP contribution is 2.16. The fourth-order valence-electron chi connectivity index (χ4n) is 1.69. The van der Waals surface area contributed by atoms with E-state index in [2.05, 4.69) is 4.72 Å². The first-order chi connectivity index (χ1) is 9.19. The Labute approximate surface area is 119 Å². The Hall–Kier alpha value is -1.44. The Bertz CT molecular complexity index is 596. The molecule has 0 radical (unpaired) electrons. The number of amides is 1. The number of primary amides is 1. The van der Waals surface area contributed by atoms with Gasteiger partial charge in [0.05, 0.1) is 11.5 Å². The molecule has 0 aliphatic carbocycles. The van der Waals surface area contributed by atoms with Gasteiger partial charge in [-0.05, 0) is 30.5 Å². The molecule has 1 aromatic rings. The standard InChI is InChI=1S/C13H20N2O4S/c1-8(2)12(7-16)15-20(18,19)10-5-4-9(3)11(6-10)13(14)17/h4-6,8,12,15-16H,7H2,1-3H3,(H2,14,17). The van der Waals surface area contributed by atoms with E-state index in [9.17, 15) is 18.3 Å². The summed E-state index contributed by atoms with van der Waals surface area (Å²) in [7, 11) is -3.81. The SMILES string of the molecule is Cc1ccc(S(=O)(=O)NC(CO)C(C)C)cc1C(N)=O. The van der Waals surface area contributed by atoms with Crippen molar-refractivity contribution in [2.24, 2.45) is 11.7 Å². The molecule has 0 aliphatic heterocycles. The summed E-state index contributed by atoms with van der Waals surface area (Å²) in [6.07, 6.45) is 0. The van der Waals surface area contributed by atoms with Crippen molar-refractivity contribution in [3.8, 4) is 0 Å². The average Bonchev–Trinajstić information content (AvgIpc) is 2.35. The molecule has 1 atom stereocenters. The van der Waals surface area contributed by atoms with Crippen LogP contribution in [-0.4, -0.2) is 32.1 Å². The summed E-state index contributed by atoms with van der Waals surface area (Å²) in [5.74, 6) is -0.738. The summed E-state index contributed by atoms with van der Waals surface area (Å²) in [5.41, 5.74) is 5.98. The Morgan fingerprint density at radius 1 is 1.40 bits per heavy atom. The topological polar surface area (TPSA) is 109 Å². The number of aliphatic hydroxyl groups is 1. The molecule has 0 fully saturated rings. The second-order valence-electron chi connectivity index (χ2n) is 5.00. The molecule has 1 unspecified atom stereocenters. The number of aryl methyl sites for hydroxylation is 1. The van der Waals surface area contributed by atoms with Crippen LogP contribution in [0.1, 0.15) is 29.8 Å². The fraction of sp³-hybridized carbons (Fsp3) is 0.462. The maximum absolute atomic E-state index is 12.2. The molecule has 6 nitrogen and oxygen atoms in total. The maximum Gasteiger partial charge on any atom is 0.249 e. The molecule has 0 saturated heterocycles. The van der Waals surface area contributed by atoms with Crippen molar-refractivity contribution in [3.63, 3.8) is 0 Å². The van der Waals surface area contributed by atoms with Crippen molar-refractivity contribution in [1.29, 1.82) is 0 Å². The molecule has 1 rings (SSSR count). The molecule has 0 aromatic heterocycles. The number of aliphatic hydroxyl groups excluding tert-OH is 1. The number of sulfonamides is 1. The van der Waals surface area contributed by atoms with Crippen molar-refractivity contribution >= 4 is 15.9 Å². The van der Waals surface area contributed by atoms with E-state index in [-0.39, 0.29) is 23.0 Å². The van der Waals surface area contributed by atoms with E-state index in [4.69, 9.17) is 5.73 Å². The van der Waals surface area contributed by atoms with Crippen molar-refractivity contribution in [2.75, 3.05) is 6.61 Å². The van der Waals surface area contributed by atoms with Gasteiger partial charge in [-0.1, -0.05) is 19.9 Å². The van der Waals surface area contributed by atoms with E-state index in [1.807, 2.05) is 0 Å². The zero-order valence-corrected chi connectivity index (χ0v) is 12.6. The van der Waals surface area contributed by atoms with Gasteiger partial charge >= 0.3 is 0 Å². The first-order valence-electron chi connectivity index (χ1n) is 6.22. The molecule has 0 spiro atoms. The normalized spacial score (nSPS) is 13.4. The number of rotatable bonds is 6. The molecular weight excluding hydrogens is 280 g/mol. The van der Waals surface area contributed by atoms with Crippen molar-refractivity contribution in [1.82, 2.24) is 4.72 Å². The molecule has 0 bridgehead atoms. The van der Waals surface area contributed by atoms with Gasteiger partial charge in [-0.3, -0.25) is 4.79 Å². The smallest absolute Gasteiger partial charge is 0.249 e. The molecule has 112 valence electrons. The van der Waals surface area contributed by atoms with Crippen LogP contribution in [0, 0.1) is 12.8 Å². The van der Waals surface area contributed by atoms with Crippen LogP contribution in [0.25, 0.3) is 0 Å². The minimum Gasteiger partial charge on any atom is -0.395 e. The minimum absolute atomic E-state index is 0.0454. The summed E-state index contributed by atoms with van der Waals surface area (Å²) < 4.78 is 26.8. The van der Waals surface area contributed by atoms with Crippen LogP contribution in [0.4, 0.5) is 0 Å². The molecule has 0 heterocycles. The monoisotopic (exact) mass is 300 g/mol. The highest BCUT2D eigenvalue weighted by molar-refractivity contribution is 7.89. The van der Waals surface area contributed by atoms with E-state index in [0.29, 0.717) is 5.56 Å². The number of carbonyl (C=O) groups excluding carboxylic acids is 1. The third-order valence-corrected chi connectivity index (χ3v) is 4.58. The maximum atomic E-state index is 12.2. The van der Waals surface area contributed by atoms with Gasteiger partial charge in [0.1, 0.15) is 0 Å². The lowest BCUT2D eigenvalue weighted by Gasteiger charge is -2.20. The zero-order chi connectivity index (χ0) is 15.5. The number of nitrogens with one attached hydrogen (secondary N) is 1. The fourth-order valence-corrected chi connectivity index (χ4v) is 3.09. The van der Waals surface area contributed by atoms with Crippen LogP contribution in [0.3, 0.4) is 0 Å². The molecule has 1 amide bonds. The van der Waals surface area contributed by atoms with Gasteiger partial charge in [0.25, 0.3) is 0 Å². The lowest BCUT2D eigenvalue weighted by Crippen LogP contribution is -2.41. The molecule has 7 heteroatoms. The second kappa shape index (κ2) is 6.34. The highest BCUT2D eigenvalue weighted by Gasteiger charge is 2.23. The number of benzene rings is 1. The molecule has 20 heavy (non-hydrogen) atoms. The molecule has 4 N–H and O–H groups in total. The van der Waals surface area contributed by atoms with Gasteiger partial charge in [-0.2, -0.15) is 0 Å². The minimum atomic E-state index is -3.81. The van der Waals surface area contributed by atoms with Crippen LogP contribution >= 0.6 is 0 Å². The summed E-state index contributed by atoms with van der Waals surface area (Å²) in [6, 6.07) is 3.59. The lowest BCUT2D eigenvalue weighted by molar-refractivity contribution is 0.0999.